The summed E-state index contributed by atoms with van der Waals surface area (Å²) >= 11 is 0. The van der Waals surface area contributed by atoms with Gasteiger partial charge in [0.05, 0.1) is 32.7 Å². The van der Waals surface area contributed by atoms with Crippen molar-refractivity contribution in [3.8, 4) is 0 Å². The van der Waals surface area contributed by atoms with Crippen molar-refractivity contribution in [2.75, 3.05) is 26.4 Å². The lowest BCUT2D eigenvalue weighted by atomic mass is 9.95. The minimum Gasteiger partial charge on any atom is -0.466 e. The van der Waals surface area contributed by atoms with E-state index >= 15 is 0 Å². The van der Waals surface area contributed by atoms with Gasteiger partial charge in [0.1, 0.15) is 0 Å². The number of carbonyl (C=O) groups excluding carboxylic acids is 4. The molecule has 0 aliphatic heterocycles. The highest BCUT2D eigenvalue weighted by Crippen LogP contribution is 2.20. The zero-order valence-electron chi connectivity index (χ0n) is 16.3. The average molecular weight is 390 g/mol. The Labute approximate surface area is 159 Å². The number of aliphatic hydroxyl groups is 1. The van der Waals surface area contributed by atoms with Gasteiger partial charge < -0.3 is 24.1 Å². The maximum atomic E-state index is 12.2. The molecule has 9 heteroatoms. The summed E-state index contributed by atoms with van der Waals surface area (Å²) in [5.74, 6) is -3.83. The molecule has 0 unspecified atom stereocenters. The molecule has 0 aliphatic rings. The summed E-state index contributed by atoms with van der Waals surface area (Å²) in [6, 6.07) is 0. The van der Waals surface area contributed by atoms with Gasteiger partial charge in [0.15, 0.2) is 12.2 Å². The van der Waals surface area contributed by atoms with Crippen LogP contribution in [0.4, 0.5) is 0 Å². The largest absolute Gasteiger partial charge is 0.466 e. The van der Waals surface area contributed by atoms with Gasteiger partial charge in [-0.25, -0.2) is 9.59 Å². The van der Waals surface area contributed by atoms with Crippen LogP contribution in [0.1, 0.15) is 59.3 Å². The monoisotopic (exact) mass is 390 g/mol. The second-order valence-electron chi connectivity index (χ2n) is 5.91. The summed E-state index contributed by atoms with van der Waals surface area (Å²) in [5, 5.41) is 10.5. The fourth-order valence-corrected chi connectivity index (χ4v) is 1.91. The van der Waals surface area contributed by atoms with Gasteiger partial charge in [0, 0.05) is 0 Å². The van der Waals surface area contributed by atoms with E-state index in [1.165, 1.54) is 0 Å². The molecule has 0 atom stereocenters. The van der Waals surface area contributed by atoms with E-state index in [0.29, 0.717) is 12.8 Å². The summed E-state index contributed by atoms with van der Waals surface area (Å²) < 4.78 is 19.2. The molecule has 0 bridgehead atoms. The molecule has 9 nitrogen and oxygen atoms in total. The van der Waals surface area contributed by atoms with E-state index in [4.69, 9.17) is 14.2 Å². The van der Waals surface area contributed by atoms with Gasteiger partial charge in [-0.05, 0) is 19.8 Å². The number of hydrogen-bond donors (Lipinski definition) is 1. The minimum absolute atomic E-state index is 0.0914. The normalized spacial score (nSPS) is 10.8. The predicted molar refractivity (Wildman–Crippen MR) is 93.5 cm³/mol. The van der Waals surface area contributed by atoms with Gasteiger partial charge in [-0.15, -0.1) is 0 Å². The third kappa shape index (κ3) is 11.2. The molecular weight excluding hydrogens is 360 g/mol. The van der Waals surface area contributed by atoms with Gasteiger partial charge >= 0.3 is 23.9 Å². The molecule has 0 saturated carbocycles. The Morgan fingerprint density at radius 3 is 1.63 bits per heavy atom. The lowest BCUT2D eigenvalue weighted by molar-refractivity contribution is -0.180. The predicted octanol–water partition coefficient (Wildman–Crippen LogP) is 1.29. The van der Waals surface area contributed by atoms with Crippen LogP contribution in [0.25, 0.3) is 0 Å². The fraction of sp³-hybridized carbons (Fsp3) is 0.778. The Morgan fingerprint density at radius 2 is 1.22 bits per heavy atom. The van der Waals surface area contributed by atoms with Crippen molar-refractivity contribution in [1.82, 2.24) is 0 Å². The molecule has 1 N–H and O–H groups in total. The summed E-state index contributed by atoms with van der Waals surface area (Å²) in [7, 11) is 0. The Kier molecular flexibility index (Phi) is 12.8. The Morgan fingerprint density at radius 1 is 0.741 bits per heavy atom. The molecule has 0 aromatic rings. The maximum absolute atomic E-state index is 12.2. The van der Waals surface area contributed by atoms with Gasteiger partial charge in [-0.2, -0.15) is 0 Å². The first-order valence-corrected chi connectivity index (χ1v) is 9.15. The molecule has 0 spiro atoms. The highest BCUT2D eigenvalue weighted by atomic mass is 16.6. The minimum atomic E-state index is -2.49. The van der Waals surface area contributed by atoms with E-state index in [1.54, 1.807) is 6.92 Å². The lowest BCUT2D eigenvalue weighted by Crippen LogP contribution is -2.45. The van der Waals surface area contributed by atoms with Crippen LogP contribution in [0.5, 0.6) is 0 Å². The second-order valence-corrected chi connectivity index (χ2v) is 5.91. The van der Waals surface area contributed by atoms with E-state index < -0.39 is 48.9 Å². The molecule has 0 aliphatic carbocycles. The van der Waals surface area contributed by atoms with Crippen molar-refractivity contribution in [3.63, 3.8) is 0 Å². The summed E-state index contributed by atoms with van der Waals surface area (Å²) in [6.45, 7) is 4.99. The van der Waals surface area contributed by atoms with Crippen molar-refractivity contribution in [1.29, 1.82) is 0 Å². The molecule has 0 fully saturated rings. The van der Waals surface area contributed by atoms with Gasteiger partial charge in [-0.3, -0.25) is 9.59 Å². The molecule has 0 amide bonds. The van der Waals surface area contributed by atoms with E-state index in [-0.39, 0.29) is 19.8 Å². The Balaban J connectivity index is 4.94. The highest BCUT2D eigenvalue weighted by molar-refractivity contribution is 5.91. The molecular formula is C18H30O9. The van der Waals surface area contributed by atoms with Crippen LogP contribution in [-0.2, 0) is 38.1 Å². The molecule has 0 radical (unpaired) electrons. The zero-order chi connectivity index (χ0) is 20.7. The molecule has 156 valence electrons. The van der Waals surface area contributed by atoms with Gasteiger partial charge in [0.25, 0.3) is 0 Å². The van der Waals surface area contributed by atoms with Crippen LogP contribution in [0.3, 0.4) is 0 Å². The van der Waals surface area contributed by atoms with Crippen molar-refractivity contribution in [2.45, 2.75) is 64.9 Å². The first-order valence-electron chi connectivity index (χ1n) is 9.15. The topological polar surface area (TPSA) is 125 Å². The second kappa shape index (κ2) is 14.0. The van der Waals surface area contributed by atoms with Crippen molar-refractivity contribution in [3.05, 3.63) is 0 Å². The molecule has 0 saturated heterocycles. The Hall–Kier alpha value is -2.16. The first-order chi connectivity index (χ1) is 12.8. The molecule has 0 rings (SSSR count). The fourth-order valence-electron chi connectivity index (χ4n) is 1.91. The quantitative estimate of drug-likeness (QED) is 0.265. The molecule has 27 heavy (non-hydrogen) atoms. The van der Waals surface area contributed by atoms with Crippen LogP contribution in [0, 0.1) is 0 Å². The molecule has 0 heterocycles. The number of hydrogen-bond acceptors (Lipinski definition) is 9. The van der Waals surface area contributed by atoms with E-state index in [1.807, 2.05) is 13.8 Å². The number of rotatable bonds is 14. The maximum Gasteiger partial charge on any atom is 0.344 e. The van der Waals surface area contributed by atoms with Crippen molar-refractivity contribution in [2.24, 2.45) is 0 Å². The van der Waals surface area contributed by atoms with Gasteiger partial charge in [-0.1, -0.05) is 26.7 Å². The number of carbonyl (C=O) groups is 4. The van der Waals surface area contributed by atoms with Crippen molar-refractivity contribution < 1.29 is 43.2 Å². The van der Waals surface area contributed by atoms with E-state index in [0.717, 1.165) is 12.8 Å². The standard InChI is InChI=1S/C18H30O9/c1-4-7-9-25-14(19)11-18(23,12-15(20)26-10-8-5-2)17(22)27-13-16(21)24-6-3/h23H,4-13H2,1-3H3. The van der Waals surface area contributed by atoms with Crippen LogP contribution >= 0.6 is 0 Å². The van der Waals surface area contributed by atoms with Crippen LogP contribution < -0.4 is 0 Å². The lowest BCUT2D eigenvalue weighted by Gasteiger charge is -2.24. The SMILES string of the molecule is CCCCOC(=O)CC(O)(CC(=O)OCCCC)C(=O)OCC(=O)OCC. The smallest absolute Gasteiger partial charge is 0.344 e. The average Bonchev–Trinajstić information content (AvgIpc) is 2.60. The van der Waals surface area contributed by atoms with Crippen LogP contribution in [-0.4, -0.2) is 61.0 Å². The van der Waals surface area contributed by atoms with Gasteiger partial charge in [0.2, 0.25) is 0 Å². The summed E-state index contributed by atoms with van der Waals surface area (Å²) in [5.41, 5.74) is -2.49. The molecule has 0 aromatic carbocycles. The highest BCUT2D eigenvalue weighted by Gasteiger charge is 2.43. The van der Waals surface area contributed by atoms with E-state index in [9.17, 15) is 24.3 Å². The summed E-state index contributed by atoms with van der Waals surface area (Å²) in [4.78, 5) is 47.3. The van der Waals surface area contributed by atoms with Crippen molar-refractivity contribution >= 4 is 23.9 Å². The number of ether oxygens (including phenoxy) is 4. The first kappa shape index (κ1) is 24.8. The van der Waals surface area contributed by atoms with E-state index in [2.05, 4.69) is 4.74 Å². The third-order valence-corrected chi connectivity index (χ3v) is 3.40. The third-order valence-electron chi connectivity index (χ3n) is 3.40. The number of unbranched alkanes of at least 4 members (excludes halogenated alkanes) is 2. The van der Waals surface area contributed by atoms with Crippen LogP contribution in [0.2, 0.25) is 0 Å². The molecule has 0 aromatic heterocycles. The summed E-state index contributed by atoms with van der Waals surface area (Å²) in [6.07, 6.45) is 1.25. The zero-order valence-corrected chi connectivity index (χ0v) is 16.3. The Bertz CT molecular complexity index is 463. The number of esters is 4. The van der Waals surface area contributed by atoms with Crippen LogP contribution in [0.15, 0.2) is 0 Å².